The van der Waals surface area contributed by atoms with Crippen LogP contribution in [0.2, 0.25) is 0 Å². The standard InChI is InChI=1S/C32H36N2O5/c1-2-8-30(35)34(22-24-13-14-24)19-20-39-26-17-15-23(16-18-26)21-29(32(37)38)33-28-12-7-6-11-27(28)31(36)25-9-4-3-5-10-25/h3-7,9-12,15-18,24,29,33H,2,8,13-14,19-22H2,1H3,(H,37,38)/t29-/m0/s1. The van der Waals surface area contributed by atoms with Gasteiger partial charge in [0.1, 0.15) is 18.4 Å². The Morgan fingerprint density at radius 1 is 0.974 bits per heavy atom. The molecule has 0 radical (unpaired) electrons. The van der Waals surface area contributed by atoms with Crippen molar-refractivity contribution in [2.45, 2.75) is 45.1 Å². The van der Waals surface area contributed by atoms with Crippen LogP contribution in [0.25, 0.3) is 0 Å². The van der Waals surface area contributed by atoms with Gasteiger partial charge in [-0.2, -0.15) is 0 Å². The Bertz CT molecular complexity index is 1260. The topological polar surface area (TPSA) is 95.9 Å². The summed E-state index contributed by atoms with van der Waals surface area (Å²) in [6.07, 6.45) is 4.01. The van der Waals surface area contributed by atoms with E-state index in [0.717, 1.165) is 18.5 Å². The van der Waals surface area contributed by atoms with Crippen LogP contribution >= 0.6 is 0 Å². The monoisotopic (exact) mass is 528 g/mol. The molecule has 0 aliphatic heterocycles. The van der Waals surface area contributed by atoms with E-state index in [1.54, 1.807) is 48.5 Å². The van der Waals surface area contributed by atoms with Gasteiger partial charge in [-0.15, -0.1) is 0 Å². The maximum Gasteiger partial charge on any atom is 0.326 e. The fourth-order valence-electron chi connectivity index (χ4n) is 4.47. The van der Waals surface area contributed by atoms with Crippen LogP contribution in [0.15, 0.2) is 78.9 Å². The lowest BCUT2D eigenvalue weighted by atomic mass is 10.00. The van der Waals surface area contributed by atoms with E-state index in [0.29, 0.717) is 48.1 Å². The summed E-state index contributed by atoms with van der Waals surface area (Å²) in [5, 5.41) is 13.0. The Morgan fingerprint density at radius 2 is 1.67 bits per heavy atom. The van der Waals surface area contributed by atoms with Gasteiger partial charge >= 0.3 is 5.97 Å². The zero-order valence-corrected chi connectivity index (χ0v) is 22.3. The molecule has 204 valence electrons. The Morgan fingerprint density at radius 3 is 2.33 bits per heavy atom. The number of hydrogen-bond donors (Lipinski definition) is 2. The van der Waals surface area contributed by atoms with Gasteiger partial charge in [-0.25, -0.2) is 4.79 Å². The Hall–Kier alpha value is -4.13. The number of benzene rings is 3. The number of ketones is 1. The van der Waals surface area contributed by atoms with Crippen molar-refractivity contribution in [3.05, 3.63) is 95.6 Å². The average molecular weight is 529 g/mol. The van der Waals surface area contributed by atoms with Gasteiger partial charge in [0.25, 0.3) is 0 Å². The molecule has 1 aliphatic rings. The highest BCUT2D eigenvalue weighted by Crippen LogP contribution is 2.30. The van der Waals surface area contributed by atoms with Gasteiger partial charge in [0.05, 0.1) is 6.54 Å². The first kappa shape index (κ1) is 27.9. The number of rotatable bonds is 15. The van der Waals surface area contributed by atoms with Crippen LogP contribution in [0.1, 0.15) is 54.1 Å². The summed E-state index contributed by atoms with van der Waals surface area (Å²) in [6.45, 7) is 3.79. The Kier molecular flexibility index (Phi) is 9.73. The molecule has 0 spiro atoms. The number of aliphatic carboxylic acids is 1. The Labute approximate surface area is 229 Å². The molecule has 0 saturated heterocycles. The molecule has 1 saturated carbocycles. The SMILES string of the molecule is CCCC(=O)N(CCOc1ccc(C[C@H](Nc2ccccc2C(=O)c2ccccc2)C(=O)O)cc1)CC1CC1. The van der Waals surface area contributed by atoms with Crippen LogP contribution in [0.4, 0.5) is 5.69 Å². The number of carboxylic acids is 1. The highest BCUT2D eigenvalue weighted by Gasteiger charge is 2.26. The van der Waals surface area contributed by atoms with Crippen molar-refractivity contribution >= 4 is 23.3 Å². The third kappa shape index (κ3) is 8.18. The van der Waals surface area contributed by atoms with Crippen molar-refractivity contribution in [2.75, 3.05) is 25.0 Å². The molecule has 0 aromatic heterocycles. The quantitative estimate of drug-likeness (QED) is 0.255. The number of carbonyl (C=O) groups excluding carboxylic acids is 2. The first-order valence-electron chi connectivity index (χ1n) is 13.6. The number of carboxylic acid groups (broad SMARTS) is 1. The molecule has 7 heteroatoms. The summed E-state index contributed by atoms with van der Waals surface area (Å²) in [7, 11) is 0. The molecule has 0 unspecified atom stereocenters. The lowest BCUT2D eigenvalue weighted by Gasteiger charge is -2.22. The van der Waals surface area contributed by atoms with Crippen molar-refractivity contribution < 1.29 is 24.2 Å². The molecule has 0 bridgehead atoms. The second kappa shape index (κ2) is 13.6. The summed E-state index contributed by atoms with van der Waals surface area (Å²) in [6, 6.07) is 22.3. The minimum atomic E-state index is -1.01. The van der Waals surface area contributed by atoms with E-state index in [-0.39, 0.29) is 18.1 Å². The number of amides is 1. The Balaban J connectivity index is 1.35. The molecule has 2 N–H and O–H groups in total. The number of nitrogens with one attached hydrogen (secondary N) is 1. The van der Waals surface area contributed by atoms with Crippen molar-refractivity contribution in [3.63, 3.8) is 0 Å². The zero-order valence-electron chi connectivity index (χ0n) is 22.3. The van der Waals surface area contributed by atoms with Crippen molar-refractivity contribution in [3.8, 4) is 5.75 Å². The predicted octanol–water partition coefficient (Wildman–Crippen LogP) is 5.44. The van der Waals surface area contributed by atoms with Crippen LogP contribution in [0.5, 0.6) is 5.75 Å². The van der Waals surface area contributed by atoms with Crippen LogP contribution in [0, 0.1) is 5.92 Å². The first-order chi connectivity index (χ1) is 18.9. The molecule has 4 rings (SSSR count). The molecule has 1 fully saturated rings. The fraction of sp³-hybridized carbons (Fsp3) is 0.344. The second-order valence-electron chi connectivity index (χ2n) is 10.0. The van der Waals surface area contributed by atoms with E-state index in [9.17, 15) is 19.5 Å². The van der Waals surface area contributed by atoms with Gasteiger partial charge in [0.2, 0.25) is 5.91 Å². The molecular weight excluding hydrogens is 492 g/mol. The summed E-state index contributed by atoms with van der Waals surface area (Å²) < 4.78 is 5.89. The largest absolute Gasteiger partial charge is 0.492 e. The number of carbonyl (C=O) groups is 3. The number of hydrogen-bond acceptors (Lipinski definition) is 5. The lowest BCUT2D eigenvalue weighted by molar-refractivity contribution is -0.138. The smallest absolute Gasteiger partial charge is 0.326 e. The molecule has 0 heterocycles. The molecule has 1 atom stereocenters. The van der Waals surface area contributed by atoms with Gasteiger partial charge in [-0.05, 0) is 55.0 Å². The van der Waals surface area contributed by atoms with Gasteiger partial charge in [-0.1, -0.05) is 61.5 Å². The summed E-state index contributed by atoms with van der Waals surface area (Å²) in [5.74, 6) is 0.305. The molecule has 1 aliphatic carbocycles. The molecule has 3 aromatic rings. The number of anilines is 1. The van der Waals surface area contributed by atoms with E-state index < -0.39 is 12.0 Å². The maximum atomic E-state index is 13.0. The molecule has 3 aromatic carbocycles. The minimum Gasteiger partial charge on any atom is -0.492 e. The highest BCUT2D eigenvalue weighted by atomic mass is 16.5. The van der Waals surface area contributed by atoms with Crippen LogP contribution < -0.4 is 10.1 Å². The van der Waals surface area contributed by atoms with Crippen molar-refractivity contribution in [2.24, 2.45) is 5.92 Å². The number of para-hydroxylation sites is 1. The van der Waals surface area contributed by atoms with Crippen LogP contribution in [0.3, 0.4) is 0 Å². The first-order valence-corrected chi connectivity index (χ1v) is 13.6. The van der Waals surface area contributed by atoms with Crippen molar-refractivity contribution in [1.29, 1.82) is 0 Å². The van der Waals surface area contributed by atoms with Gasteiger partial charge in [0.15, 0.2) is 5.78 Å². The predicted molar refractivity (Wildman–Crippen MR) is 151 cm³/mol. The van der Waals surface area contributed by atoms with Crippen molar-refractivity contribution in [1.82, 2.24) is 4.90 Å². The molecule has 39 heavy (non-hydrogen) atoms. The van der Waals surface area contributed by atoms with Gasteiger partial charge in [-0.3, -0.25) is 9.59 Å². The van der Waals surface area contributed by atoms with Crippen LogP contribution in [-0.4, -0.2) is 53.4 Å². The number of ether oxygens (including phenoxy) is 1. The number of nitrogens with zero attached hydrogens (tertiary/aromatic N) is 1. The summed E-state index contributed by atoms with van der Waals surface area (Å²) >= 11 is 0. The molecular formula is C32H36N2O5. The third-order valence-electron chi connectivity index (χ3n) is 6.82. The van der Waals surface area contributed by atoms with Gasteiger partial charge in [0, 0.05) is 36.2 Å². The van der Waals surface area contributed by atoms with E-state index in [4.69, 9.17) is 4.74 Å². The maximum absolute atomic E-state index is 13.0. The fourth-order valence-corrected chi connectivity index (χ4v) is 4.47. The molecule has 1 amide bonds. The normalized spacial score (nSPS) is 13.4. The lowest BCUT2D eigenvalue weighted by Crippen LogP contribution is -2.36. The van der Waals surface area contributed by atoms with E-state index >= 15 is 0 Å². The molecule has 7 nitrogen and oxygen atoms in total. The zero-order chi connectivity index (χ0) is 27.6. The summed E-state index contributed by atoms with van der Waals surface area (Å²) in [4.78, 5) is 39.5. The third-order valence-corrected chi connectivity index (χ3v) is 6.82. The van der Waals surface area contributed by atoms with E-state index in [1.165, 1.54) is 12.8 Å². The summed E-state index contributed by atoms with van der Waals surface area (Å²) in [5.41, 5.74) is 2.26. The average Bonchev–Trinajstić information content (AvgIpc) is 3.78. The van der Waals surface area contributed by atoms with E-state index in [1.807, 2.05) is 42.2 Å². The van der Waals surface area contributed by atoms with E-state index in [2.05, 4.69) is 5.32 Å². The van der Waals surface area contributed by atoms with Gasteiger partial charge < -0.3 is 20.1 Å². The van der Waals surface area contributed by atoms with Crippen LogP contribution in [-0.2, 0) is 16.0 Å². The second-order valence-corrected chi connectivity index (χ2v) is 10.0. The highest BCUT2D eigenvalue weighted by molar-refractivity contribution is 6.12. The minimum absolute atomic E-state index is 0.170.